The maximum absolute atomic E-state index is 12.0. The van der Waals surface area contributed by atoms with Gasteiger partial charge in [0.15, 0.2) is 0 Å². The molecule has 6 nitrogen and oxygen atoms in total. The lowest BCUT2D eigenvalue weighted by Crippen LogP contribution is -2.47. The van der Waals surface area contributed by atoms with Crippen LogP contribution in [0.3, 0.4) is 0 Å². The first-order valence-corrected chi connectivity index (χ1v) is 8.75. The van der Waals surface area contributed by atoms with E-state index in [0.717, 1.165) is 11.1 Å². The van der Waals surface area contributed by atoms with E-state index in [2.05, 4.69) is 16.0 Å². The lowest BCUT2D eigenvalue weighted by atomic mass is 10.0. The van der Waals surface area contributed by atoms with Crippen molar-refractivity contribution in [3.8, 4) is 0 Å². The van der Waals surface area contributed by atoms with Gasteiger partial charge in [-0.2, -0.15) is 0 Å². The van der Waals surface area contributed by atoms with Crippen molar-refractivity contribution in [1.29, 1.82) is 0 Å². The first-order valence-electron chi connectivity index (χ1n) is 8.37. The molecule has 0 saturated carbocycles. The topological polar surface area (TPSA) is 73.5 Å². The molecule has 0 radical (unpaired) electrons. The van der Waals surface area contributed by atoms with Gasteiger partial charge in [-0.05, 0) is 42.4 Å². The highest BCUT2D eigenvalue weighted by molar-refractivity contribution is 6.30. The minimum atomic E-state index is -0.269. The van der Waals surface area contributed by atoms with E-state index in [1.54, 1.807) is 12.1 Å². The minimum absolute atomic E-state index is 0.0411. The van der Waals surface area contributed by atoms with Crippen LogP contribution in [0.4, 0.5) is 10.5 Å². The van der Waals surface area contributed by atoms with Gasteiger partial charge in [0.1, 0.15) is 0 Å². The zero-order valence-electron chi connectivity index (χ0n) is 14.5. The van der Waals surface area contributed by atoms with E-state index in [1.807, 2.05) is 48.3 Å². The van der Waals surface area contributed by atoms with Crippen molar-refractivity contribution in [3.63, 3.8) is 0 Å². The third-order valence-electron chi connectivity index (χ3n) is 4.34. The summed E-state index contributed by atoms with van der Waals surface area (Å²) in [4.78, 5) is 25.4. The molecule has 0 bridgehead atoms. The largest absolute Gasteiger partial charge is 0.353 e. The van der Waals surface area contributed by atoms with Gasteiger partial charge in [-0.3, -0.25) is 9.69 Å². The van der Waals surface area contributed by atoms with E-state index in [4.69, 9.17) is 11.6 Å². The second-order valence-electron chi connectivity index (χ2n) is 6.29. The first-order chi connectivity index (χ1) is 12.5. The minimum Gasteiger partial charge on any atom is -0.353 e. The van der Waals surface area contributed by atoms with Crippen LogP contribution in [-0.4, -0.2) is 37.0 Å². The molecule has 0 spiro atoms. The van der Waals surface area contributed by atoms with Crippen molar-refractivity contribution in [3.05, 3.63) is 64.7 Å². The highest BCUT2D eigenvalue weighted by atomic mass is 35.5. The summed E-state index contributed by atoms with van der Waals surface area (Å²) >= 11 is 5.84. The Morgan fingerprint density at radius 2 is 1.88 bits per heavy atom. The molecule has 1 aliphatic rings. The molecule has 0 aliphatic carbocycles. The predicted molar refractivity (Wildman–Crippen MR) is 102 cm³/mol. The lowest BCUT2D eigenvalue weighted by molar-refractivity contribution is -0.125. The van der Waals surface area contributed by atoms with E-state index >= 15 is 0 Å². The number of likely N-dealkylation sites (N-methyl/N-ethyl adjacent to an activating group) is 1. The van der Waals surface area contributed by atoms with Crippen molar-refractivity contribution in [2.75, 3.05) is 25.5 Å². The summed E-state index contributed by atoms with van der Waals surface area (Å²) in [7, 11) is 1.93. The molecule has 2 aromatic rings. The van der Waals surface area contributed by atoms with Crippen LogP contribution in [0.1, 0.15) is 17.2 Å². The summed E-state index contributed by atoms with van der Waals surface area (Å²) in [6.45, 7) is 1.40. The first kappa shape index (κ1) is 18.2. The zero-order chi connectivity index (χ0) is 18.5. The molecule has 1 heterocycles. The summed E-state index contributed by atoms with van der Waals surface area (Å²) in [6, 6.07) is 14.9. The Labute approximate surface area is 157 Å². The molecule has 0 aromatic heterocycles. The second-order valence-corrected chi connectivity index (χ2v) is 6.73. The molecule has 1 fully saturated rings. The Hall–Kier alpha value is -2.57. The number of piperazine rings is 1. The van der Waals surface area contributed by atoms with Crippen LogP contribution in [0, 0.1) is 0 Å². The second kappa shape index (κ2) is 8.21. The van der Waals surface area contributed by atoms with Crippen molar-refractivity contribution >= 4 is 29.2 Å². The van der Waals surface area contributed by atoms with Crippen molar-refractivity contribution < 1.29 is 9.59 Å². The third-order valence-corrected chi connectivity index (χ3v) is 4.59. The number of benzene rings is 2. The Morgan fingerprint density at radius 3 is 2.54 bits per heavy atom. The molecule has 3 N–H and O–H groups in total. The van der Waals surface area contributed by atoms with Crippen LogP contribution < -0.4 is 16.0 Å². The number of amides is 3. The van der Waals surface area contributed by atoms with Gasteiger partial charge in [-0.25, -0.2) is 4.79 Å². The lowest BCUT2D eigenvalue weighted by Gasteiger charge is -2.32. The summed E-state index contributed by atoms with van der Waals surface area (Å²) < 4.78 is 0. The Kier molecular flexibility index (Phi) is 5.75. The fourth-order valence-electron chi connectivity index (χ4n) is 2.88. The van der Waals surface area contributed by atoms with Gasteiger partial charge in [0.25, 0.3) is 0 Å². The summed E-state index contributed by atoms with van der Waals surface area (Å²) in [6.07, 6.45) is 0. The highest BCUT2D eigenvalue weighted by Gasteiger charge is 2.24. The van der Waals surface area contributed by atoms with Gasteiger partial charge in [-0.1, -0.05) is 35.9 Å². The highest BCUT2D eigenvalue weighted by Crippen LogP contribution is 2.22. The van der Waals surface area contributed by atoms with Crippen LogP contribution >= 0.6 is 11.6 Å². The monoisotopic (exact) mass is 372 g/mol. The number of hydrogen-bond donors (Lipinski definition) is 3. The van der Waals surface area contributed by atoms with Crippen molar-refractivity contribution in [2.24, 2.45) is 0 Å². The van der Waals surface area contributed by atoms with Gasteiger partial charge < -0.3 is 16.0 Å². The molecule has 0 unspecified atom stereocenters. The molecule has 2 aromatic carbocycles. The molecule has 3 amide bonds. The number of nitrogens with one attached hydrogen (secondary N) is 3. The number of carbonyl (C=O) groups excluding carboxylic acids is 2. The fourth-order valence-corrected chi connectivity index (χ4v) is 3.01. The fraction of sp³-hybridized carbons (Fsp3) is 0.263. The normalized spacial score (nSPS) is 17.5. The van der Waals surface area contributed by atoms with Gasteiger partial charge in [0, 0.05) is 23.8 Å². The van der Waals surface area contributed by atoms with Crippen LogP contribution in [0.25, 0.3) is 0 Å². The number of hydrogen-bond acceptors (Lipinski definition) is 3. The van der Waals surface area contributed by atoms with Gasteiger partial charge in [0.2, 0.25) is 5.91 Å². The van der Waals surface area contributed by atoms with Gasteiger partial charge in [0.05, 0.1) is 12.6 Å². The quantitative estimate of drug-likeness (QED) is 0.772. The number of nitrogens with zero attached hydrogens (tertiary/aromatic N) is 1. The Morgan fingerprint density at radius 1 is 1.19 bits per heavy atom. The molecule has 1 atom stereocenters. The van der Waals surface area contributed by atoms with Crippen LogP contribution in [0.2, 0.25) is 5.02 Å². The van der Waals surface area contributed by atoms with Gasteiger partial charge in [-0.15, -0.1) is 0 Å². The average molecular weight is 373 g/mol. The van der Waals surface area contributed by atoms with Crippen molar-refractivity contribution in [1.82, 2.24) is 15.5 Å². The predicted octanol–water partition coefficient (Wildman–Crippen LogP) is 2.76. The summed E-state index contributed by atoms with van der Waals surface area (Å²) in [5.74, 6) is 0.0411. The van der Waals surface area contributed by atoms with Gasteiger partial charge >= 0.3 is 6.03 Å². The molecular weight excluding hydrogens is 352 g/mol. The van der Waals surface area contributed by atoms with Crippen LogP contribution in [-0.2, 0) is 11.3 Å². The number of rotatable bonds is 4. The molecule has 3 rings (SSSR count). The molecular formula is C19H21ClN4O2. The standard InChI is InChI=1S/C19H21ClN4O2/c1-24-12-18(25)21-11-17(24)14-4-8-16(9-5-14)23-19(26)22-10-13-2-6-15(20)7-3-13/h2-9,17H,10-12H2,1H3,(H,21,25)(H2,22,23,26)/t17-/m0/s1. The number of carbonyl (C=O) groups is 2. The van der Waals surface area contributed by atoms with Crippen LogP contribution in [0.15, 0.2) is 48.5 Å². The van der Waals surface area contributed by atoms with E-state index in [9.17, 15) is 9.59 Å². The molecule has 136 valence electrons. The maximum atomic E-state index is 12.0. The average Bonchev–Trinajstić information content (AvgIpc) is 2.62. The van der Waals surface area contributed by atoms with Crippen LogP contribution in [0.5, 0.6) is 0 Å². The Balaban J connectivity index is 1.52. The third kappa shape index (κ3) is 4.74. The molecule has 26 heavy (non-hydrogen) atoms. The molecule has 1 saturated heterocycles. The summed E-state index contributed by atoms with van der Waals surface area (Å²) in [5, 5.41) is 9.16. The number of urea groups is 1. The number of anilines is 1. The number of halogens is 1. The maximum Gasteiger partial charge on any atom is 0.319 e. The zero-order valence-corrected chi connectivity index (χ0v) is 15.2. The van der Waals surface area contributed by atoms with E-state index < -0.39 is 0 Å². The van der Waals surface area contributed by atoms with E-state index in [1.165, 1.54) is 0 Å². The smallest absolute Gasteiger partial charge is 0.319 e. The summed E-state index contributed by atoms with van der Waals surface area (Å²) in [5.41, 5.74) is 2.78. The Bertz CT molecular complexity index is 777. The van der Waals surface area contributed by atoms with Crippen molar-refractivity contribution in [2.45, 2.75) is 12.6 Å². The molecule has 7 heteroatoms. The van der Waals surface area contributed by atoms with E-state index in [0.29, 0.717) is 30.3 Å². The SMILES string of the molecule is CN1CC(=O)NC[C@H]1c1ccc(NC(=O)NCc2ccc(Cl)cc2)cc1. The molecule has 1 aliphatic heterocycles. The van der Waals surface area contributed by atoms with E-state index in [-0.39, 0.29) is 18.0 Å².